The fraction of sp³-hybridized carbons (Fsp3) is 0.200. The predicted molar refractivity (Wildman–Crippen MR) is 87.5 cm³/mol. The van der Waals surface area contributed by atoms with Crippen LogP contribution in [-0.2, 0) is 10.0 Å². The van der Waals surface area contributed by atoms with Gasteiger partial charge in [-0.1, -0.05) is 15.9 Å². The van der Waals surface area contributed by atoms with Crippen molar-refractivity contribution >= 4 is 31.6 Å². The third-order valence-corrected chi connectivity index (χ3v) is 5.90. The van der Waals surface area contributed by atoms with Crippen molar-refractivity contribution in [3.05, 3.63) is 52.5 Å². The van der Waals surface area contributed by atoms with Crippen LogP contribution < -0.4 is 9.04 Å². The van der Waals surface area contributed by atoms with E-state index in [9.17, 15) is 8.42 Å². The maximum Gasteiger partial charge on any atom is 0.264 e. The molecule has 2 rings (SSSR count). The SMILES string of the molecule is COc1ccc(N(C)S(=O)(=O)c2ccc(Br)c(C)c2)cc1. The molecule has 0 amide bonds. The van der Waals surface area contributed by atoms with Crippen molar-refractivity contribution in [2.45, 2.75) is 11.8 Å². The molecule has 0 heterocycles. The van der Waals surface area contributed by atoms with Gasteiger partial charge in [0.25, 0.3) is 10.0 Å². The topological polar surface area (TPSA) is 46.6 Å². The monoisotopic (exact) mass is 369 g/mol. The molecule has 6 heteroatoms. The van der Waals surface area contributed by atoms with Crippen molar-refractivity contribution in [1.29, 1.82) is 0 Å². The summed E-state index contributed by atoms with van der Waals surface area (Å²) < 4.78 is 32.5. The second-order valence-electron chi connectivity index (χ2n) is 4.58. The van der Waals surface area contributed by atoms with Gasteiger partial charge in [-0.25, -0.2) is 8.42 Å². The first-order valence-electron chi connectivity index (χ1n) is 6.25. The lowest BCUT2D eigenvalue weighted by molar-refractivity contribution is 0.415. The Morgan fingerprint density at radius 1 is 1.10 bits per heavy atom. The van der Waals surface area contributed by atoms with Crippen molar-refractivity contribution < 1.29 is 13.2 Å². The summed E-state index contributed by atoms with van der Waals surface area (Å²) in [5.41, 5.74) is 1.45. The number of halogens is 1. The highest BCUT2D eigenvalue weighted by molar-refractivity contribution is 9.10. The van der Waals surface area contributed by atoms with Crippen LogP contribution in [0.2, 0.25) is 0 Å². The first-order valence-corrected chi connectivity index (χ1v) is 8.48. The Morgan fingerprint density at radius 2 is 1.71 bits per heavy atom. The van der Waals surface area contributed by atoms with Gasteiger partial charge in [-0.2, -0.15) is 0 Å². The van der Waals surface area contributed by atoms with Crippen LogP contribution >= 0.6 is 15.9 Å². The van der Waals surface area contributed by atoms with E-state index in [1.807, 2.05) is 6.92 Å². The van der Waals surface area contributed by atoms with Crippen LogP contribution in [0, 0.1) is 6.92 Å². The van der Waals surface area contributed by atoms with Crippen molar-refractivity contribution in [3.63, 3.8) is 0 Å². The van der Waals surface area contributed by atoms with Gasteiger partial charge in [0.15, 0.2) is 0 Å². The quantitative estimate of drug-likeness (QED) is 0.826. The first-order chi connectivity index (χ1) is 9.86. The zero-order valence-electron chi connectivity index (χ0n) is 12.0. The van der Waals surface area contributed by atoms with Gasteiger partial charge in [-0.05, 0) is 55.0 Å². The van der Waals surface area contributed by atoms with Gasteiger partial charge in [0.2, 0.25) is 0 Å². The second-order valence-corrected chi connectivity index (χ2v) is 7.41. The highest BCUT2D eigenvalue weighted by Crippen LogP contribution is 2.26. The van der Waals surface area contributed by atoms with Crippen molar-refractivity contribution in [1.82, 2.24) is 0 Å². The molecule has 21 heavy (non-hydrogen) atoms. The molecule has 112 valence electrons. The fourth-order valence-electron chi connectivity index (χ4n) is 1.87. The minimum Gasteiger partial charge on any atom is -0.497 e. The number of hydrogen-bond donors (Lipinski definition) is 0. The van der Waals surface area contributed by atoms with E-state index in [-0.39, 0.29) is 4.90 Å². The normalized spacial score (nSPS) is 11.2. The summed E-state index contributed by atoms with van der Waals surface area (Å²) in [5, 5.41) is 0. The summed E-state index contributed by atoms with van der Waals surface area (Å²) in [6, 6.07) is 11.9. The largest absolute Gasteiger partial charge is 0.497 e. The summed E-state index contributed by atoms with van der Waals surface area (Å²) in [4.78, 5) is 0.265. The molecule has 0 saturated heterocycles. The van der Waals surface area contributed by atoms with Crippen LogP contribution in [-0.4, -0.2) is 22.6 Å². The smallest absolute Gasteiger partial charge is 0.264 e. The number of rotatable bonds is 4. The first kappa shape index (κ1) is 15.9. The van der Waals surface area contributed by atoms with Gasteiger partial charge < -0.3 is 4.74 Å². The number of sulfonamides is 1. The Balaban J connectivity index is 2.39. The maximum absolute atomic E-state index is 12.6. The highest BCUT2D eigenvalue weighted by Gasteiger charge is 2.21. The highest BCUT2D eigenvalue weighted by atomic mass is 79.9. The number of ether oxygens (including phenoxy) is 1. The lowest BCUT2D eigenvalue weighted by Gasteiger charge is -2.20. The second kappa shape index (κ2) is 6.07. The molecule has 0 spiro atoms. The van der Waals surface area contributed by atoms with E-state index in [0.29, 0.717) is 11.4 Å². The van der Waals surface area contributed by atoms with Gasteiger partial charge in [-0.15, -0.1) is 0 Å². The third-order valence-electron chi connectivity index (χ3n) is 3.22. The molecule has 0 aromatic heterocycles. The molecule has 2 aromatic carbocycles. The molecule has 0 atom stereocenters. The molecule has 0 unspecified atom stereocenters. The standard InChI is InChI=1S/C15H16BrNO3S/c1-11-10-14(8-9-15(11)16)21(18,19)17(2)12-4-6-13(20-3)7-5-12/h4-10H,1-3H3. The summed E-state index contributed by atoms with van der Waals surface area (Å²) in [6.45, 7) is 1.86. The Morgan fingerprint density at radius 3 is 2.24 bits per heavy atom. The number of nitrogens with zero attached hydrogens (tertiary/aromatic N) is 1. The van der Waals surface area contributed by atoms with Gasteiger partial charge >= 0.3 is 0 Å². The van der Waals surface area contributed by atoms with Crippen LogP contribution in [0.3, 0.4) is 0 Å². The fourth-order valence-corrected chi connectivity index (χ4v) is 3.39. The van der Waals surface area contributed by atoms with Crippen molar-refractivity contribution in [2.75, 3.05) is 18.5 Å². The third kappa shape index (κ3) is 3.22. The Kier molecular flexibility index (Phi) is 4.58. The Bertz CT molecular complexity index is 742. The molecular formula is C15H16BrNO3S. The van der Waals surface area contributed by atoms with Crippen LogP contribution in [0.25, 0.3) is 0 Å². The Hall–Kier alpha value is -1.53. The number of anilines is 1. The molecular weight excluding hydrogens is 354 g/mol. The Labute approximate surface area is 133 Å². The number of hydrogen-bond acceptors (Lipinski definition) is 3. The van der Waals surface area contributed by atoms with Crippen LogP contribution in [0.5, 0.6) is 5.75 Å². The maximum atomic E-state index is 12.6. The minimum atomic E-state index is -3.58. The van der Waals surface area contributed by atoms with Gasteiger partial charge in [0, 0.05) is 11.5 Å². The van der Waals surface area contributed by atoms with E-state index in [2.05, 4.69) is 15.9 Å². The van der Waals surface area contributed by atoms with Gasteiger partial charge in [-0.3, -0.25) is 4.31 Å². The molecule has 0 N–H and O–H groups in total. The van der Waals surface area contributed by atoms with Gasteiger partial charge in [0.05, 0.1) is 17.7 Å². The summed E-state index contributed by atoms with van der Waals surface area (Å²) >= 11 is 3.37. The molecule has 2 aromatic rings. The van der Waals surface area contributed by atoms with E-state index < -0.39 is 10.0 Å². The van der Waals surface area contributed by atoms with E-state index in [0.717, 1.165) is 10.0 Å². The summed E-state index contributed by atoms with van der Waals surface area (Å²) in [6.07, 6.45) is 0. The van der Waals surface area contributed by atoms with Crippen LogP contribution in [0.15, 0.2) is 51.8 Å². The molecule has 4 nitrogen and oxygen atoms in total. The van der Waals surface area contributed by atoms with Crippen molar-refractivity contribution in [2.24, 2.45) is 0 Å². The average Bonchev–Trinajstić information content (AvgIpc) is 2.49. The number of methoxy groups -OCH3 is 1. The van der Waals surface area contributed by atoms with E-state index in [1.165, 1.54) is 11.4 Å². The predicted octanol–water partition coefficient (Wildman–Crippen LogP) is 3.59. The minimum absolute atomic E-state index is 0.265. The van der Waals surface area contributed by atoms with E-state index >= 15 is 0 Å². The lowest BCUT2D eigenvalue weighted by atomic mass is 10.2. The van der Waals surface area contributed by atoms with Crippen LogP contribution in [0.4, 0.5) is 5.69 Å². The molecule has 0 fully saturated rings. The van der Waals surface area contributed by atoms with E-state index in [4.69, 9.17) is 4.74 Å². The molecule has 0 saturated carbocycles. The molecule has 0 aliphatic rings. The molecule has 0 bridgehead atoms. The molecule has 0 aliphatic heterocycles. The molecule has 0 radical (unpaired) electrons. The van der Waals surface area contributed by atoms with Gasteiger partial charge in [0.1, 0.15) is 5.75 Å². The van der Waals surface area contributed by atoms with Crippen molar-refractivity contribution in [3.8, 4) is 5.75 Å². The number of aryl methyl sites for hydroxylation is 1. The van der Waals surface area contributed by atoms with Crippen LogP contribution in [0.1, 0.15) is 5.56 Å². The zero-order chi connectivity index (χ0) is 15.6. The van der Waals surface area contributed by atoms with E-state index in [1.54, 1.807) is 49.6 Å². The lowest BCUT2D eigenvalue weighted by Crippen LogP contribution is -2.26. The summed E-state index contributed by atoms with van der Waals surface area (Å²) in [5.74, 6) is 0.684. The zero-order valence-corrected chi connectivity index (χ0v) is 14.4. The molecule has 0 aliphatic carbocycles. The number of benzene rings is 2. The summed E-state index contributed by atoms with van der Waals surface area (Å²) in [7, 11) is -0.473. The average molecular weight is 370 g/mol.